The molecule has 5 rings (SSSR count). The van der Waals surface area contributed by atoms with Crippen molar-refractivity contribution in [2.75, 3.05) is 18.4 Å². The average molecular weight is 465 g/mol. The summed E-state index contributed by atoms with van der Waals surface area (Å²) >= 11 is 0. The zero-order valence-electron chi connectivity index (χ0n) is 18.5. The summed E-state index contributed by atoms with van der Waals surface area (Å²) in [6.45, 7) is 1.98. The van der Waals surface area contributed by atoms with E-state index in [9.17, 15) is 13.2 Å². The van der Waals surface area contributed by atoms with E-state index in [1.54, 1.807) is 24.3 Å². The fourth-order valence-corrected chi connectivity index (χ4v) is 6.34. The molecule has 0 unspecified atom stereocenters. The minimum atomic E-state index is -3.72. The topological polar surface area (TPSA) is 84.3 Å². The van der Waals surface area contributed by atoms with Gasteiger partial charge in [-0.2, -0.15) is 4.31 Å². The van der Waals surface area contributed by atoms with E-state index in [1.807, 2.05) is 18.2 Å². The molecular weight excluding hydrogens is 436 g/mol. The minimum absolute atomic E-state index is 0.0577. The molecule has 1 N–H and O–H groups in total. The molecule has 0 atom stereocenters. The second-order valence-electron chi connectivity index (χ2n) is 8.69. The van der Waals surface area contributed by atoms with Gasteiger partial charge in [0.25, 0.3) is 5.91 Å². The lowest BCUT2D eigenvalue weighted by atomic mass is 10.1. The Morgan fingerprint density at radius 1 is 0.909 bits per heavy atom. The monoisotopic (exact) mass is 464 g/mol. The van der Waals surface area contributed by atoms with Crippen molar-refractivity contribution in [3.8, 4) is 11.3 Å². The van der Waals surface area contributed by atoms with Crippen molar-refractivity contribution in [3.05, 3.63) is 66.1 Å². The molecule has 8 heteroatoms. The molecule has 2 aromatic carbocycles. The van der Waals surface area contributed by atoms with Gasteiger partial charge in [-0.1, -0.05) is 30.7 Å². The van der Waals surface area contributed by atoms with Gasteiger partial charge >= 0.3 is 0 Å². The quantitative estimate of drug-likeness (QED) is 0.610. The van der Waals surface area contributed by atoms with Gasteiger partial charge in [-0.3, -0.25) is 4.79 Å². The first-order valence-corrected chi connectivity index (χ1v) is 13.0. The average Bonchev–Trinajstić information content (AvgIpc) is 3.29. The lowest BCUT2D eigenvalue weighted by Crippen LogP contribution is -2.36. The summed E-state index contributed by atoms with van der Waals surface area (Å²) in [5, 5.41) is 2.89. The van der Waals surface area contributed by atoms with Crippen LogP contribution in [-0.2, 0) is 23.0 Å². The SMILES string of the molecule is O=C(Nc1cccc(-c2cn3c(n2)CCCC3)c1)c1ccccc1S(=O)(=O)N1CCCCC1. The maximum absolute atomic E-state index is 13.2. The third-order valence-corrected chi connectivity index (χ3v) is 8.35. The van der Waals surface area contributed by atoms with Crippen LogP contribution in [0.2, 0.25) is 0 Å². The van der Waals surface area contributed by atoms with E-state index in [2.05, 4.69) is 16.1 Å². The number of fused-ring (bicyclic) bond motifs is 1. The van der Waals surface area contributed by atoms with Crippen LogP contribution in [0.25, 0.3) is 11.3 Å². The second-order valence-corrected chi connectivity index (χ2v) is 10.6. The van der Waals surface area contributed by atoms with Crippen LogP contribution in [0, 0.1) is 0 Å². The summed E-state index contributed by atoms with van der Waals surface area (Å²) in [7, 11) is -3.72. The van der Waals surface area contributed by atoms with E-state index in [0.717, 1.165) is 55.7 Å². The van der Waals surface area contributed by atoms with Gasteiger partial charge in [0.05, 0.1) is 16.2 Å². The van der Waals surface area contributed by atoms with Crippen molar-refractivity contribution in [1.29, 1.82) is 0 Å². The number of rotatable bonds is 5. The number of hydrogen-bond acceptors (Lipinski definition) is 4. The Bertz CT molecular complexity index is 1250. The highest BCUT2D eigenvalue weighted by atomic mass is 32.2. The Morgan fingerprint density at radius 2 is 1.70 bits per heavy atom. The highest BCUT2D eigenvalue weighted by molar-refractivity contribution is 7.89. The van der Waals surface area contributed by atoms with Gasteiger partial charge in [-0.25, -0.2) is 13.4 Å². The second kappa shape index (κ2) is 9.11. The van der Waals surface area contributed by atoms with Gasteiger partial charge in [0.1, 0.15) is 5.82 Å². The number of imidazole rings is 1. The summed E-state index contributed by atoms with van der Waals surface area (Å²) in [4.78, 5) is 18.0. The summed E-state index contributed by atoms with van der Waals surface area (Å²) in [6, 6.07) is 14.0. The number of hydrogen-bond donors (Lipinski definition) is 1. The van der Waals surface area contributed by atoms with E-state index in [-0.39, 0.29) is 10.5 Å². The molecule has 1 fully saturated rings. The van der Waals surface area contributed by atoms with Crippen LogP contribution in [0.15, 0.2) is 59.6 Å². The molecule has 3 aromatic rings. The fraction of sp³-hybridized carbons (Fsp3) is 0.360. The van der Waals surface area contributed by atoms with Crippen LogP contribution in [0.3, 0.4) is 0 Å². The van der Waals surface area contributed by atoms with Crippen molar-refractivity contribution in [1.82, 2.24) is 13.9 Å². The number of aryl methyl sites for hydroxylation is 2. The van der Waals surface area contributed by atoms with Crippen LogP contribution in [-0.4, -0.2) is 41.3 Å². The lowest BCUT2D eigenvalue weighted by Gasteiger charge is -2.26. The first-order valence-electron chi connectivity index (χ1n) is 11.6. The number of nitrogens with one attached hydrogen (secondary N) is 1. The molecule has 0 spiro atoms. The van der Waals surface area contributed by atoms with E-state index >= 15 is 0 Å². The standard InChI is InChI=1S/C25H28N4O3S/c30-25(21-11-2-3-12-23(21)33(31,32)29-15-5-1-6-16-29)26-20-10-8-9-19(17-20)22-18-28-14-7-4-13-24(28)27-22/h2-3,8-12,17-18H,1,4-7,13-16H2,(H,26,30). The Labute approximate surface area is 194 Å². The number of nitrogens with zero attached hydrogens (tertiary/aromatic N) is 3. The maximum Gasteiger partial charge on any atom is 0.257 e. The number of sulfonamides is 1. The van der Waals surface area contributed by atoms with Gasteiger partial charge in [-0.05, 0) is 49.9 Å². The summed E-state index contributed by atoms with van der Waals surface area (Å²) in [5.74, 6) is 0.662. The molecule has 172 valence electrons. The highest BCUT2D eigenvalue weighted by Gasteiger charge is 2.29. The van der Waals surface area contributed by atoms with Gasteiger partial charge in [0.2, 0.25) is 10.0 Å². The largest absolute Gasteiger partial charge is 0.334 e. The molecule has 0 saturated carbocycles. The van der Waals surface area contributed by atoms with Gasteiger partial charge in [0, 0.05) is 43.5 Å². The molecule has 2 aliphatic rings. The summed E-state index contributed by atoms with van der Waals surface area (Å²) in [6.07, 6.45) is 8.10. The van der Waals surface area contributed by atoms with Gasteiger partial charge in [-0.15, -0.1) is 0 Å². The Kier molecular flexibility index (Phi) is 6.03. The number of aromatic nitrogens is 2. The fourth-order valence-electron chi connectivity index (χ4n) is 4.63. The third kappa shape index (κ3) is 4.45. The molecular formula is C25H28N4O3S. The molecule has 7 nitrogen and oxygen atoms in total. The van der Waals surface area contributed by atoms with Crippen LogP contribution >= 0.6 is 0 Å². The first kappa shape index (κ1) is 21.9. The minimum Gasteiger partial charge on any atom is -0.334 e. The lowest BCUT2D eigenvalue weighted by molar-refractivity contribution is 0.102. The zero-order valence-corrected chi connectivity index (χ0v) is 19.4. The molecule has 0 bridgehead atoms. The van der Waals surface area contributed by atoms with Gasteiger partial charge in [0.15, 0.2) is 0 Å². The maximum atomic E-state index is 13.2. The van der Waals surface area contributed by atoms with E-state index in [0.29, 0.717) is 18.8 Å². The van der Waals surface area contributed by atoms with Crippen molar-refractivity contribution in [3.63, 3.8) is 0 Å². The van der Waals surface area contributed by atoms with Crippen molar-refractivity contribution in [2.45, 2.75) is 50.0 Å². The summed E-state index contributed by atoms with van der Waals surface area (Å²) in [5.41, 5.74) is 2.57. The normalized spacial score (nSPS) is 16.8. The molecule has 1 amide bonds. The summed E-state index contributed by atoms with van der Waals surface area (Å²) < 4.78 is 30.2. The molecule has 1 saturated heterocycles. The molecule has 3 heterocycles. The molecule has 1 aromatic heterocycles. The Hall–Kier alpha value is -2.97. The smallest absolute Gasteiger partial charge is 0.257 e. The van der Waals surface area contributed by atoms with Crippen LogP contribution in [0.5, 0.6) is 0 Å². The number of amides is 1. The van der Waals surface area contributed by atoms with Crippen molar-refractivity contribution >= 4 is 21.6 Å². The predicted octanol–water partition coefficient (Wildman–Crippen LogP) is 4.31. The number of anilines is 1. The first-order chi connectivity index (χ1) is 16.0. The van der Waals surface area contributed by atoms with Crippen LogP contribution < -0.4 is 5.32 Å². The van der Waals surface area contributed by atoms with E-state index in [4.69, 9.17) is 4.98 Å². The number of piperidine rings is 1. The Morgan fingerprint density at radius 3 is 2.52 bits per heavy atom. The van der Waals surface area contributed by atoms with E-state index < -0.39 is 15.9 Å². The zero-order chi connectivity index (χ0) is 22.8. The number of carbonyl (C=O) groups excluding carboxylic acids is 1. The van der Waals surface area contributed by atoms with E-state index in [1.165, 1.54) is 16.8 Å². The van der Waals surface area contributed by atoms with Gasteiger partial charge < -0.3 is 9.88 Å². The van der Waals surface area contributed by atoms with Crippen LogP contribution in [0.4, 0.5) is 5.69 Å². The predicted molar refractivity (Wildman–Crippen MR) is 128 cm³/mol. The highest BCUT2D eigenvalue weighted by Crippen LogP contribution is 2.27. The van der Waals surface area contributed by atoms with Crippen LogP contribution in [0.1, 0.15) is 48.3 Å². The van der Waals surface area contributed by atoms with Crippen molar-refractivity contribution in [2.24, 2.45) is 0 Å². The van der Waals surface area contributed by atoms with Crippen molar-refractivity contribution < 1.29 is 13.2 Å². The molecule has 2 aliphatic heterocycles. The molecule has 0 aliphatic carbocycles. The molecule has 33 heavy (non-hydrogen) atoms. The number of benzene rings is 2. The molecule has 0 radical (unpaired) electrons. The Balaban J connectivity index is 1.40. The number of carbonyl (C=O) groups is 1. The third-order valence-electron chi connectivity index (χ3n) is 6.39.